The molecule has 0 saturated heterocycles. The van der Waals surface area contributed by atoms with E-state index in [4.69, 9.17) is 23.2 Å². The standard InChI is InChI=1S/C11H5Br3Cl2S/c12-6-2-1-5(3-8(6)15)10(14)9-4-7(13)11(16)17-9/h1-4,10H. The molecule has 1 aromatic carbocycles. The number of rotatable bonds is 2. The van der Waals surface area contributed by atoms with E-state index < -0.39 is 0 Å². The van der Waals surface area contributed by atoms with Gasteiger partial charge >= 0.3 is 0 Å². The Morgan fingerprint density at radius 3 is 2.29 bits per heavy atom. The highest BCUT2D eigenvalue weighted by molar-refractivity contribution is 9.11. The van der Waals surface area contributed by atoms with Crippen LogP contribution in [0.25, 0.3) is 0 Å². The van der Waals surface area contributed by atoms with Gasteiger partial charge in [-0.2, -0.15) is 0 Å². The summed E-state index contributed by atoms with van der Waals surface area (Å²) >= 11 is 24.1. The molecule has 0 aliphatic rings. The van der Waals surface area contributed by atoms with E-state index in [1.807, 2.05) is 24.3 Å². The molecule has 1 heterocycles. The second-order valence-corrected chi connectivity index (χ2v) is 8.02. The van der Waals surface area contributed by atoms with E-state index >= 15 is 0 Å². The fourth-order valence-electron chi connectivity index (χ4n) is 1.32. The first kappa shape index (κ1) is 14.4. The van der Waals surface area contributed by atoms with E-state index in [0.29, 0.717) is 5.02 Å². The van der Waals surface area contributed by atoms with E-state index in [0.717, 1.165) is 23.7 Å². The number of benzene rings is 1. The van der Waals surface area contributed by atoms with Crippen LogP contribution >= 0.6 is 82.3 Å². The topological polar surface area (TPSA) is 0 Å². The normalized spacial score (nSPS) is 12.8. The lowest BCUT2D eigenvalue weighted by Crippen LogP contribution is -1.89. The van der Waals surface area contributed by atoms with Crippen LogP contribution in [0.4, 0.5) is 0 Å². The summed E-state index contributed by atoms with van der Waals surface area (Å²) in [5.41, 5.74) is 1.10. The van der Waals surface area contributed by atoms with Crippen molar-refractivity contribution in [2.24, 2.45) is 0 Å². The molecule has 1 aromatic heterocycles. The number of hydrogen-bond donors (Lipinski definition) is 0. The zero-order valence-corrected chi connectivity index (χ0v) is 15.3. The first-order valence-corrected chi connectivity index (χ1v) is 8.60. The Hall–Kier alpha value is 0.940. The van der Waals surface area contributed by atoms with Gasteiger partial charge in [0.25, 0.3) is 0 Å². The Morgan fingerprint density at radius 2 is 1.76 bits per heavy atom. The van der Waals surface area contributed by atoms with Gasteiger partial charge in [-0.25, -0.2) is 0 Å². The summed E-state index contributed by atoms with van der Waals surface area (Å²) in [5, 5.41) is 0.702. The molecule has 0 amide bonds. The van der Waals surface area contributed by atoms with E-state index in [9.17, 15) is 0 Å². The van der Waals surface area contributed by atoms with Crippen molar-refractivity contribution in [3.05, 3.63) is 53.0 Å². The van der Waals surface area contributed by atoms with Crippen molar-refractivity contribution in [2.75, 3.05) is 0 Å². The van der Waals surface area contributed by atoms with E-state index in [2.05, 4.69) is 47.8 Å². The minimum absolute atomic E-state index is 0.0990. The van der Waals surface area contributed by atoms with Gasteiger partial charge in [-0.15, -0.1) is 11.3 Å². The van der Waals surface area contributed by atoms with Crippen LogP contribution in [-0.2, 0) is 0 Å². The molecule has 2 aromatic rings. The second-order valence-electron chi connectivity index (χ2n) is 3.31. The van der Waals surface area contributed by atoms with Gasteiger partial charge in [0.15, 0.2) is 0 Å². The maximum Gasteiger partial charge on any atom is 0.107 e. The van der Waals surface area contributed by atoms with Crippen LogP contribution in [0, 0.1) is 0 Å². The van der Waals surface area contributed by atoms with Crippen molar-refractivity contribution in [1.29, 1.82) is 0 Å². The van der Waals surface area contributed by atoms with Crippen molar-refractivity contribution in [2.45, 2.75) is 4.83 Å². The summed E-state index contributed by atoms with van der Waals surface area (Å²) in [7, 11) is 0. The Kier molecular flexibility index (Phi) is 5.01. The molecule has 1 unspecified atom stereocenters. The lowest BCUT2D eigenvalue weighted by Gasteiger charge is -2.09. The number of hydrogen-bond acceptors (Lipinski definition) is 1. The predicted octanol–water partition coefficient (Wildman–Crippen LogP) is 7.06. The summed E-state index contributed by atoms with van der Waals surface area (Å²) < 4.78 is 2.58. The predicted molar refractivity (Wildman–Crippen MR) is 87.0 cm³/mol. The minimum atomic E-state index is 0.0990. The fourth-order valence-corrected chi connectivity index (χ4v) is 4.20. The average Bonchev–Trinajstić information content (AvgIpc) is 2.62. The van der Waals surface area contributed by atoms with Crippen molar-refractivity contribution in [1.82, 2.24) is 0 Å². The molecular weight excluding hydrogens is 475 g/mol. The summed E-state index contributed by atoms with van der Waals surface area (Å²) in [5.74, 6) is 0. The Labute approximate surface area is 139 Å². The highest BCUT2D eigenvalue weighted by Crippen LogP contribution is 2.42. The Balaban J connectivity index is 2.36. The smallest absolute Gasteiger partial charge is 0.107 e. The van der Waals surface area contributed by atoms with Crippen LogP contribution in [-0.4, -0.2) is 0 Å². The van der Waals surface area contributed by atoms with E-state index in [-0.39, 0.29) is 4.83 Å². The Morgan fingerprint density at radius 1 is 1.06 bits per heavy atom. The Bertz CT molecular complexity index is 534. The summed E-state index contributed by atoms with van der Waals surface area (Å²) in [6, 6.07) is 7.92. The molecule has 90 valence electrons. The van der Waals surface area contributed by atoms with Crippen LogP contribution in [0.2, 0.25) is 9.36 Å². The molecule has 2 rings (SSSR count). The molecule has 0 aliphatic carbocycles. The van der Waals surface area contributed by atoms with Gasteiger partial charge in [-0.1, -0.05) is 45.2 Å². The molecular formula is C11H5Br3Cl2S. The van der Waals surface area contributed by atoms with Crippen LogP contribution < -0.4 is 0 Å². The highest BCUT2D eigenvalue weighted by Gasteiger charge is 2.16. The van der Waals surface area contributed by atoms with Gasteiger partial charge in [0, 0.05) is 13.8 Å². The van der Waals surface area contributed by atoms with Gasteiger partial charge < -0.3 is 0 Å². The third-order valence-corrected chi connectivity index (χ3v) is 7.25. The molecule has 0 spiro atoms. The lowest BCUT2D eigenvalue weighted by atomic mass is 10.1. The minimum Gasteiger partial charge on any atom is -0.126 e. The van der Waals surface area contributed by atoms with Crippen molar-refractivity contribution < 1.29 is 0 Å². The van der Waals surface area contributed by atoms with Crippen molar-refractivity contribution in [3.8, 4) is 0 Å². The van der Waals surface area contributed by atoms with E-state index in [1.165, 1.54) is 0 Å². The molecule has 0 saturated carbocycles. The van der Waals surface area contributed by atoms with Crippen molar-refractivity contribution in [3.63, 3.8) is 0 Å². The maximum absolute atomic E-state index is 6.08. The quantitative estimate of drug-likeness (QED) is 0.404. The highest BCUT2D eigenvalue weighted by atomic mass is 79.9. The van der Waals surface area contributed by atoms with Gasteiger partial charge in [0.1, 0.15) is 4.34 Å². The second kappa shape index (κ2) is 5.93. The first-order chi connectivity index (χ1) is 7.99. The average molecular weight is 480 g/mol. The third kappa shape index (κ3) is 3.28. The molecule has 0 aliphatic heterocycles. The van der Waals surface area contributed by atoms with Crippen molar-refractivity contribution >= 4 is 82.3 Å². The zero-order chi connectivity index (χ0) is 12.6. The molecule has 0 radical (unpaired) electrons. The number of halogens is 5. The van der Waals surface area contributed by atoms with Gasteiger partial charge in [0.05, 0.1) is 9.85 Å². The molecule has 0 fully saturated rings. The largest absolute Gasteiger partial charge is 0.126 e. The van der Waals surface area contributed by atoms with Crippen LogP contribution in [0.15, 0.2) is 33.2 Å². The molecule has 0 N–H and O–H groups in total. The monoisotopic (exact) mass is 476 g/mol. The third-order valence-electron chi connectivity index (χ3n) is 2.15. The maximum atomic E-state index is 6.08. The molecule has 0 nitrogen and oxygen atoms in total. The zero-order valence-electron chi connectivity index (χ0n) is 8.18. The van der Waals surface area contributed by atoms with Gasteiger partial charge in [-0.05, 0) is 55.6 Å². The molecule has 1 atom stereocenters. The number of thiophene rings is 1. The fraction of sp³-hybridized carbons (Fsp3) is 0.0909. The summed E-state index contributed by atoms with van der Waals surface area (Å²) in [4.78, 5) is 1.24. The number of alkyl halides is 1. The lowest BCUT2D eigenvalue weighted by molar-refractivity contribution is 1.22. The van der Waals surface area contributed by atoms with Crippen LogP contribution in [0.3, 0.4) is 0 Å². The molecule has 0 bridgehead atoms. The van der Waals surface area contributed by atoms with Crippen LogP contribution in [0.1, 0.15) is 15.3 Å². The van der Waals surface area contributed by atoms with Crippen LogP contribution in [0.5, 0.6) is 0 Å². The summed E-state index contributed by atoms with van der Waals surface area (Å²) in [6.45, 7) is 0. The molecule has 17 heavy (non-hydrogen) atoms. The summed E-state index contributed by atoms with van der Waals surface area (Å²) in [6.07, 6.45) is 0. The van der Waals surface area contributed by atoms with E-state index in [1.54, 1.807) is 11.3 Å². The SMILES string of the molecule is Clc1cc(C(Br)c2cc(Br)c(Cl)s2)ccc1Br. The molecule has 6 heteroatoms. The van der Waals surface area contributed by atoms with Gasteiger partial charge in [-0.3, -0.25) is 0 Å². The van der Waals surface area contributed by atoms with Gasteiger partial charge in [0.2, 0.25) is 0 Å². The first-order valence-electron chi connectivity index (χ1n) is 4.53.